The van der Waals surface area contributed by atoms with Gasteiger partial charge in [0.15, 0.2) is 5.82 Å². The minimum atomic E-state index is -0.410. The van der Waals surface area contributed by atoms with Crippen LogP contribution in [0, 0.1) is 0 Å². The number of nitrogens with zero attached hydrogens (tertiary/aromatic N) is 2. The fraction of sp³-hybridized carbons (Fsp3) is 0.500. The molecular weight excluding hydrogens is 286 g/mol. The van der Waals surface area contributed by atoms with Gasteiger partial charge in [-0.25, -0.2) is 0 Å². The summed E-state index contributed by atoms with van der Waals surface area (Å²) in [5, 5.41) is 5.98. The van der Waals surface area contributed by atoms with Crippen molar-refractivity contribution in [2.75, 3.05) is 7.11 Å². The number of nitrogens with two attached hydrogens (primary N) is 1. The van der Waals surface area contributed by atoms with Gasteiger partial charge in [-0.15, -0.1) is 23.7 Å². The summed E-state index contributed by atoms with van der Waals surface area (Å²) in [7, 11) is 1.63. The van der Waals surface area contributed by atoms with Gasteiger partial charge < -0.3 is 15.0 Å². The van der Waals surface area contributed by atoms with Crippen LogP contribution in [0.15, 0.2) is 16.0 Å². The predicted octanol–water partition coefficient (Wildman–Crippen LogP) is 2.96. The van der Waals surface area contributed by atoms with Crippen molar-refractivity contribution in [2.24, 2.45) is 5.73 Å². The van der Waals surface area contributed by atoms with Crippen LogP contribution in [-0.2, 0) is 5.54 Å². The Bertz CT molecular complexity index is 549. The predicted molar refractivity (Wildman–Crippen MR) is 75.7 cm³/mol. The molecule has 1 fully saturated rings. The Balaban J connectivity index is 0.00000133. The minimum Gasteiger partial charge on any atom is -0.495 e. The minimum absolute atomic E-state index is 0. The molecule has 104 valence electrons. The van der Waals surface area contributed by atoms with Gasteiger partial charge >= 0.3 is 0 Å². The van der Waals surface area contributed by atoms with E-state index in [1.54, 1.807) is 7.11 Å². The van der Waals surface area contributed by atoms with Crippen LogP contribution in [0.4, 0.5) is 0 Å². The first-order valence-electron chi connectivity index (χ1n) is 5.98. The first-order chi connectivity index (χ1) is 8.73. The lowest BCUT2D eigenvalue weighted by atomic mass is 9.99. The Morgan fingerprint density at radius 2 is 2.16 bits per heavy atom. The summed E-state index contributed by atoms with van der Waals surface area (Å²) in [6.45, 7) is 0. The molecule has 0 aliphatic heterocycles. The van der Waals surface area contributed by atoms with Gasteiger partial charge in [0.25, 0.3) is 5.89 Å². The summed E-state index contributed by atoms with van der Waals surface area (Å²) in [5.41, 5.74) is 5.89. The summed E-state index contributed by atoms with van der Waals surface area (Å²) in [6.07, 6.45) is 4.10. The first kappa shape index (κ1) is 14.3. The Labute approximate surface area is 121 Å². The molecule has 3 rings (SSSR count). The van der Waals surface area contributed by atoms with Crippen LogP contribution < -0.4 is 10.5 Å². The molecule has 0 unspecified atom stereocenters. The third-order valence-electron chi connectivity index (χ3n) is 3.41. The van der Waals surface area contributed by atoms with Crippen molar-refractivity contribution in [1.29, 1.82) is 0 Å². The van der Waals surface area contributed by atoms with Crippen LogP contribution in [-0.4, -0.2) is 17.3 Å². The zero-order valence-corrected chi connectivity index (χ0v) is 12.2. The number of aromatic nitrogens is 2. The number of ether oxygens (including phenoxy) is 1. The number of hydrogen-bond donors (Lipinski definition) is 1. The highest BCUT2D eigenvalue weighted by molar-refractivity contribution is 7.13. The van der Waals surface area contributed by atoms with E-state index in [1.165, 1.54) is 11.3 Å². The van der Waals surface area contributed by atoms with Crippen LogP contribution in [0.3, 0.4) is 0 Å². The maximum Gasteiger partial charge on any atom is 0.271 e. The third kappa shape index (κ3) is 2.48. The largest absolute Gasteiger partial charge is 0.495 e. The lowest BCUT2D eigenvalue weighted by Crippen LogP contribution is -2.34. The van der Waals surface area contributed by atoms with E-state index in [0.29, 0.717) is 11.7 Å². The summed E-state index contributed by atoms with van der Waals surface area (Å²) in [5.74, 6) is 1.87. The van der Waals surface area contributed by atoms with Crippen LogP contribution in [0.2, 0.25) is 0 Å². The van der Waals surface area contributed by atoms with Crippen molar-refractivity contribution >= 4 is 23.7 Å². The Morgan fingerprint density at radius 3 is 2.84 bits per heavy atom. The third-order valence-corrected chi connectivity index (χ3v) is 4.29. The van der Waals surface area contributed by atoms with E-state index in [-0.39, 0.29) is 12.4 Å². The molecule has 19 heavy (non-hydrogen) atoms. The summed E-state index contributed by atoms with van der Waals surface area (Å²) < 4.78 is 10.6. The molecule has 0 aromatic carbocycles. The van der Waals surface area contributed by atoms with E-state index >= 15 is 0 Å². The highest BCUT2D eigenvalue weighted by Crippen LogP contribution is 2.38. The molecule has 2 aromatic heterocycles. The molecule has 1 aliphatic carbocycles. The molecule has 2 heterocycles. The Hall–Kier alpha value is -1.11. The van der Waals surface area contributed by atoms with Gasteiger partial charge in [-0.1, -0.05) is 18.0 Å². The normalized spacial score (nSPS) is 17.2. The number of halogens is 1. The molecule has 1 saturated carbocycles. The van der Waals surface area contributed by atoms with E-state index in [4.69, 9.17) is 15.0 Å². The lowest BCUT2D eigenvalue weighted by molar-refractivity contribution is 0.371. The lowest BCUT2D eigenvalue weighted by Gasteiger charge is -2.17. The molecule has 7 heteroatoms. The van der Waals surface area contributed by atoms with Crippen molar-refractivity contribution in [1.82, 2.24) is 10.1 Å². The summed E-state index contributed by atoms with van der Waals surface area (Å²) in [6, 6.07) is 1.89. The van der Waals surface area contributed by atoms with Crippen molar-refractivity contribution in [3.05, 3.63) is 17.3 Å². The molecular formula is C12H16ClN3O2S. The Kier molecular flexibility index (Phi) is 4.13. The number of hydrogen-bond acceptors (Lipinski definition) is 6. The fourth-order valence-corrected chi connectivity index (χ4v) is 3.14. The number of rotatable bonds is 3. The van der Waals surface area contributed by atoms with Gasteiger partial charge in [0, 0.05) is 0 Å². The standard InChI is InChI=1S/C12H15N3O2S.ClH/c1-16-8-4-7-18-9(8)10-14-11(15-17-10)12(13)5-2-3-6-12;/h4,7H,2-3,5-6,13H2,1H3;1H. The van der Waals surface area contributed by atoms with Gasteiger partial charge in [0.05, 0.1) is 12.6 Å². The second kappa shape index (κ2) is 5.48. The molecule has 0 radical (unpaired) electrons. The summed E-state index contributed by atoms with van der Waals surface area (Å²) in [4.78, 5) is 5.30. The average Bonchev–Trinajstić information content (AvgIpc) is 3.08. The van der Waals surface area contributed by atoms with E-state index < -0.39 is 5.54 Å². The van der Waals surface area contributed by atoms with E-state index in [0.717, 1.165) is 36.3 Å². The maximum atomic E-state index is 6.30. The molecule has 0 bridgehead atoms. The fourth-order valence-electron chi connectivity index (χ4n) is 2.36. The molecule has 1 aliphatic rings. The molecule has 0 amide bonds. The van der Waals surface area contributed by atoms with E-state index in [9.17, 15) is 0 Å². The van der Waals surface area contributed by atoms with Gasteiger partial charge in [-0.3, -0.25) is 0 Å². The van der Waals surface area contributed by atoms with E-state index in [2.05, 4.69) is 10.1 Å². The van der Waals surface area contributed by atoms with Crippen LogP contribution in [0.1, 0.15) is 31.5 Å². The second-order valence-electron chi connectivity index (χ2n) is 4.60. The second-order valence-corrected chi connectivity index (χ2v) is 5.52. The maximum absolute atomic E-state index is 6.30. The van der Waals surface area contributed by atoms with Crippen molar-refractivity contribution in [2.45, 2.75) is 31.2 Å². The van der Waals surface area contributed by atoms with Gasteiger partial charge in [0.2, 0.25) is 0 Å². The highest BCUT2D eigenvalue weighted by Gasteiger charge is 2.36. The smallest absolute Gasteiger partial charge is 0.271 e. The summed E-state index contributed by atoms with van der Waals surface area (Å²) >= 11 is 1.52. The molecule has 0 saturated heterocycles. The van der Waals surface area contributed by atoms with Gasteiger partial charge in [-0.05, 0) is 24.3 Å². The van der Waals surface area contributed by atoms with Crippen molar-refractivity contribution in [3.8, 4) is 16.5 Å². The van der Waals surface area contributed by atoms with Crippen LogP contribution in [0.25, 0.3) is 10.8 Å². The molecule has 0 atom stereocenters. The zero-order chi connectivity index (χ0) is 12.6. The molecule has 0 spiro atoms. The van der Waals surface area contributed by atoms with Gasteiger partial charge in [-0.2, -0.15) is 4.98 Å². The first-order valence-corrected chi connectivity index (χ1v) is 6.86. The topological polar surface area (TPSA) is 74.2 Å². The van der Waals surface area contributed by atoms with Crippen molar-refractivity contribution < 1.29 is 9.26 Å². The monoisotopic (exact) mass is 301 g/mol. The van der Waals surface area contributed by atoms with E-state index in [1.807, 2.05) is 11.4 Å². The molecule has 2 N–H and O–H groups in total. The quantitative estimate of drug-likeness (QED) is 0.943. The SMILES string of the molecule is COc1ccsc1-c1nc(C2(N)CCCC2)no1.Cl. The van der Waals surface area contributed by atoms with Crippen molar-refractivity contribution in [3.63, 3.8) is 0 Å². The van der Waals surface area contributed by atoms with Crippen LogP contribution in [0.5, 0.6) is 5.75 Å². The molecule has 5 nitrogen and oxygen atoms in total. The molecule has 2 aromatic rings. The Morgan fingerprint density at radius 1 is 1.42 bits per heavy atom. The number of methoxy groups -OCH3 is 1. The van der Waals surface area contributed by atoms with Crippen LogP contribution >= 0.6 is 23.7 Å². The van der Waals surface area contributed by atoms with Gasteiger partial charge in [0.1, 0.15) is 10.6 Å². The highest BCUT2D eigenvalue weighted by atomic mass is 35.5. The number of thiophene rings is 1. The average molecular weight is 302 g/mol. The zero-order valence-electron chi connectivity index (χ0n) is 10.6.